The number of hydrogen-bond donors (Lipinski definition) is 2. The molecule has 2 saturated heterocycles. The SMILES string of the molecule is O=C(C=CCN1C2CCC1COC2)Nc1cc2c(Nc3ccc(F)c(Cl)c3)ncnc2cc1OC1CCCCC1. The van der Waals surface area contributed by atoms with E-state index in [1.165, 1.54) is 24.9 Å². The quantitative estimate of drug-likeness (QED) is 0.313. The van der Waals surface area contributed by atoms with Crippen LogP contribution in [0.15, 0.2) is 48.8 Å². The standard InChI is InChI=1S/C30H33ClFN5O3/c31-24-13-19(8-11-25(24)32)35-30-23-14-27(28(15-26(23)33-18-34-30)40-22-5-2-1-3-6-22)36-29(38)7-4-12-37-20-9-10-21(37)17-39-16-20/h4,7-8,11,13-15,18,20-22H,1-3,5-6,9-10,12,16-17H2,(H,36,38)(H,33,34,35). The second kappa shape index (κ2) is 12.1. The highest BCUT2D eigenvalue weighted by molar-refractivity contribution is 6.31. The van der Waals surface area contributed by atoms with Crippen molar-refractivity contribution in [3.63, 3.8) is 0 Å². The van der Waals surface area contributed by atoms with Crippen LogP contribution in [0.3, 0.4) is 0 Å². The van der Waals surface area contributed by atoms with Gasteiger partial charge in [0.05, 0.1) is 35.5 Å². The first-order valence-electron chi connectivity index (χ1n) is 14.0. The smallest absolute Gasteiger partial charge is 0.248 e. The van der Waals surface area contributed by atoms with E-state index in [0.717, 1.165) is 58.3 Å². The van der Waals surface area contributed by atoms with Crippen LogP contribution in [0.4, 0.5) is 21.6 Å². The van der Waals surface area contributed by atoms with E-state index in [0.29, 0.717) is 45.9 Å². The highest BCUT2D eigenvalue weighted by Gasteiger charge is 2.36. The molecule has 2 N–H and O–H groups in total. The third-order valence-corrected chi connectivity index (χ3v) is 8.29. The number of hydrogen-bond acceptors (Lipinski definition) is 7. The molecular formula is C30H33ClFN5O3. The van der Waals surface area contributed by atoms with E-state index in [4.69, 9.17) is 21.1 Å². The zero-order valence-corrected chi connectivity index (χ0v) is 23.0. The summed E-state index contributed by atoms with van der Waals surface area (Å²) < 4.78 is 25.8. The van der Waals surface area contributed by atoms with Gasteiger partial charge in [-0.15, -0.1) is 0 Å². The lowest BCUT2D eigenvalue weighted by atomic mass is 9.98. The minimum Gasteiger partial charge on any atom is -0.488 e. The predicted molar refractivity (Wildman–Crippen MR) is 154 cm³/mol. The molecule has 2 aromatic carbocycles. The molecule has 3 aliphatic rings. The Kier molecular flexibility index (Phi) is 8.13. The van der Waals surface area contributed by atoms with Gasteiger partial charge in [-0.2, -0.15) is 0 Å². The van der Waals surface area contributed by atoms with Crippen LogP contribution < -0.4 is 15.4 Å². The fourth-order valence-electron chi connectivity index (χ4n) is 5.92. The van der Waals surface area contributed by atoms with E-state index in [9.17, 15) is 9.18 Å². The summed E-state index contributed by atoms with van der Waals surface area (Å²) in [6.45, 7) is 2.24. The number of benzene rings is 2. The summed E-state index contributed by atoms with van der Waals surface area (Å²) in [6.07, 6.45) is 12.8. The zero-order valence-electron chi connectivity index (χ0n) is 22.2. The van der Waals surface area contributed by atoms with E-state index >= 15 is 0 Å². The molecule has 3 aromatic rings. The molecule has 2 unspecified atom stereocenters. The van der Waals surface area contributed by atoms with Gasteiger partial charge in [-0.3, -0.25) is 9.69 Å². The first-order valence-corrected chi connectivity index (χ1v) is 14.4. The van der Waals surface area contributed by atoms with Crippen molar-refractivity contribution in [3.8, 4) is 5.75 Å². The number of nitrogens with zero attached hydrogens (tertiary/aromatic N) is 3. The lowest BCUT2D eigenvalue weighted by molar-refractivity contribution is -0.112. The Morgan fingerprint density at radius 1 is 1.10 bits per heavy atom. The first-order chi connectivity index (χ1) is 19.5. The third kappa shape index (κ3) is 6.06. The molecule has 3 heterocycles. The summed E-state index contributed by atoms with van der Waals surface area (Å²) in [4.78, 5) is 24.3. The topological polar surface area (TPSA) is 88.6 Å². The first kappa shape index (κ1) is 26.9. The molecule has 0 radical (unpaired) electrons. The van der Waals surface area contributed by atoms with Gasteiger partial charge in [0.2, 0.25) is 5.91 Å². The Balaban J connectivity index is 1.25. The largest absolute Gasteiger partial charge is 0.488 e. The lowest BCUT2D eigenvalue weighted by Gasteiger charge is -2.33. The highest BCUT2D eigenvalue weighted by Crippen LogP contribution is 2.36. The van der Waals surface area contributed by atoms with Crippen LogP contribution in [-0.4, -0.2) is 58.7 Å². The Labute approximate surface area is 237 Å². The van der Waals surface area contributed by atoms with Gasteiger partial charge in [0.1, 0.15) is 23.7 Å². The second-order valence-electron chi connectivity index (χ2n) is 10.7. The average Bonchev–Trinajstić information content (AvgIpc) is 3.16. The molecule has 10 heteroatoms. The number of aromatic nitrogens is 2. The number of fused-ring (bicyclic) bond motifs is 3. The van der Waals surface area contributed by atoms with E-state index < -0.39 is 5.82 Å². The normalized spacial score (nSPS) is 21.6. The average molecular weight is 566 g/mol. The molecule has 1 saturated carbocycles. The van der Waals surface area contributed by atoms with Gasteiger partial charge in [-0.05, 0) is 62.8 Å². The monoisotopic (exact) mass is 565 g/mol. The van der Waals surface area contributed by atoms with E-state index in [1.54, 1.807) is 12.1 Å². The summed E-state index contributed by atoms with van der Waals surface area (Å²) in [5.41, 5.74) is 1.79. The van der Waals surface area contributed by atoms with Crippen LogP contribution in [0.1, 0.15) is 44.9 Å². The van der Waals surface area contributed by atoms with Crippen molar-refractivity contribution in [1.82, 2.24) is 14.9 Å². The fourth-order valence-corrected chi connectivity index (χ4v) is 6.10. The molecule has 40 heavy (non-hydrogen) atoms. The number of amides is 1. The molecule has 2 aliphatic heterocycles. The number of carbonyl (C=O) groups is 1. The molecule has 1 aromatic heterocycles. The molecule has 0 spiro atoms. The van der Waals surface area contributed by atoms with Gasteiger partial charge in [-0.25, -0.2) is 14.4 Å². The van der Waals surface area contributed by atoms with E-state index in [1.807, 2.05) is 18.2 Å². The summed E-state index contributed by atoms with van der Waals surface area (Å²) in [5.74, 6) is 0.362. The van der Waals surface area contributed by atoms with E-state index in [-0.39, 0.29) is 17.0 Å². The molecular weight excluding hydrogens is 533 g/mol. The number of halogens is 2. The van der Waals surface area contributed by atoms with Gasteiger partial charge in [0.15, 0.2) is 0 Å². The van der Waals surface area contributed by atoms with E-state index in [2.05, 4.69) is 25.5 Å². The van der Waals surface area contributed by atoms with Crippen molar-refractivity contribution in [1.29, 1.82) is 0 Å². The van der Waals surface area contributed by atoms with Gasteiger partial charge >= 0.3 is 0 Å². The summed E-state index contributed by atoms with van der Waals surface area (Å²) in [6, 6.07) is 8.93. The summed E-state index contributed by atoms with van der Waals surface area (Å²) in [7, 11) is 0. The molecule has 2 bridgehead atoms. The Morgan fingerprint density at radius 3 is 2.67 bits per heavy atom. The maximum atomic E-state index is 13.7. The maximum absolute atomic E-state index is 13.7. The van der Waals surface area contributed by atoms with Crippen molar-refractivity contribution in [2.75, 3.05) is 30.4 Å². The molecule has 2 atom stereocenters. The molecule has 1 aliphatic carbocycles. The summed E-state index contributed by atoms with van der Waals surface area (Å²) >= 11 is 5.98. The lowest BCUT2D eigenvalue weighted by Crippen LogP contribution is -2.45. The van der Waals surface area contributed by atoms with Crippen molar-refractivity contribution < 1.29 is 18.7 Å². The van der Waals surface area contributed by atoms with Crippen LogP contribution in [0, 0.1) is 5.82 Å². The number of morpholine rings is 1. The molecule has 8 nitrogen and oxygen atoms in total. The van der Waals surface area contributed by atoms with Crippen LogP contribution in [0.2, 0.25) is 5.02 Å². The van der Waals surface area contributed by atoms with Crippen LogP contribution in [0.25, 0.3) is 10.9 Å². The number of anilines is 3. The van der Waals surface area contributed by atoms with Crippen molar-refractivity contribution >= 4 is 45.6 Å². The summed E-state index contributed by atoms with van der Waals surface area (Å²) in [5, 5.41) is 6.92. The Hall–Kier alpha value is -3.27. The highest BCUT2D eigenvalue weighted by atomic mass is 35.5. The zero-order chi connectivity index (χ0) is 27.5. The second-order valence-corrected chi connectivity index (χ2v) is 11.1. The molecule has 3 fully saturated rings. The molecule has 6 rings (SSSR count). The Morgan fingerprint density at radius 2 is 1.90 bits per heavy atom. The molecule has 1 amide bonds. The van der Waals surface area contributed by atoms with Crippen LogP contribution in [-0.2, 0) is 9.53 Å². The van der Waals surface area contributed by atoms with Gasteiger partial charge in [-0.1, -0.05) is 24.1 Å². The van der Waals surface area contributed by atoms with Crippen LogP contribution >= 0.6 is 11.6 Å². The van der Waals surface area contributed by atoms with Crippen molar-refractivity contribution in [2.45, 2.75) is 63.1 Å². The fraction of sp³-hybridized carbons (Fsp3) is 0.433. The van der Waals surface area contributed by atoms with Crippen molar-refractivity contribution in [2.24, 2.45) is 0 Å². The number of carbonyl (C=O) groups excluding carboxylic acids is 1. The number of ether oxygens (including phenoxy) is 2. The number of nitrogens with one attached hydrogen (secondary N) is 2. The van der Waals surface area contributed by atoms with Gasteiger partial charge in [0.25, 0.3) is 0 Å². The third-order valence-electron chi connectivity index (χ3n) is 8.00. The van der Waals surface area contributed by atoms with Crippen LogP contribution in [0.5, 0.6) is 5.75 Å². The molecule has 210 valence electrons. The Bertz CT molecular complexity index is 1400. The maximum Gasteiger partial charge on any atom is 0.248 e. The predicted octanol–water partition coefficient (Wildman–Crippen LogP) is 6.24. The van der Waals surface area contributed by atoms with Gasteiger partial charge < -0.3 is 20.1 Å². The number of rotatable bonds is 8. The minimum atomic E-state index is -0.497. The van der Waals surface area contributed by atoms with Gasteiger partial charge in [0, 0.05) is 41.8 Å². The minimum absolute atomic E-state index is 0.0105. The van der Waals surface area contributed by atoms with Crippen molar-refractivity contribution in [3.05, 3.63) is 59.7 Å².